The predicted molar refractivity (Wildman–Crippen MR) is 127 cm³/mol. The summed E-state index contributed by atoms with van der Waals surface area (Å²) < 4.78 is 0. The molecule has 0 saturated carbocycles. The Morgan fingerprint density at radius 3 is 2.67 bits per heavy atom. The number of nitrogen functional groups attached to an aromatic ring is 1. The summed E-state index contributed by atoms with van der Waals surface area (Å²) in [5.74, 6) is -1.10. The third-order valence-electron chi connectivity index (χ3n) is 4.94. The van der Waals surface area contributed by atoms with Gasteiger partial charge in [0, 0.05) is 11.5 Å². The van der Waals surface area contributed by atoms with Gasteiger partial charge in [0.2, 0.25) is 11.9 Å². The van der Waals surface area contributed by atoms with E-state index in [2.05, 4.69) is 20.3 Å². The summed E-state index contributed by atoms with van der Waals surface area (Å²) in [7, 11) is 0. The van der Waals surface area contributed by atoms with Crippen molar-refractivity contribution in [3.8, 4) is 0 Å². The van der Waals surface area contributed by atoms with Crippen LogP contribution in [0, 0.1) is 0 Å². The highest BCUT2D eigenvalue weighted by atomic mass is 32.2. The van der Waals surface area contributed by atoms with Crippen molar-refractivity contribution in [2.24, 2.45) is 0 Å². The molecular formula is C20H20N6O4S3. The number of thioether (sulfide) groups is 3. The average molecular weight is 505 g/mol. The lowest BCUT2D eigenvalue weighted by atomic mass is 10.0. The fourth-order valence-electron chi connectivity index (χ4n) is 3.46. The second kappa shape index (κ2) is 10.0. The number of carboxylic acids is 1. The number of anilines is 1. The molecule has 13 heteroatoms. The normalized spacial score (nSPS) is 19.7. The van der Waals surface area contributed by atoms with Crippen molar-refractivity contribution in [2.45, 2.75) is 28.1 Å². The van der Waals surface area contributed by atoms with Crippen molar-refractivity contribution in [2.75, 3.05) is 23.5 Å². The minimum Gasteiger partial charge on any atom is -0.477 e. The molecule has 2 atom stereocenters. The largest absolute Gasteiger partial charge is 0.477 e. The van der Waals surface area contributed by atoms with Crippen LogP contribution in [0.25, 0.3) is 0 Å². The van der Waals surface area contributed by atoms with E-state index in [0.29, 0.717) is 21.6 Å². The SMILES string of the molecule is CSc1nc(N)nc(SCC2=C(C(=O)O)N3C(=O)C(NC(=O)Cc4ccccc4)C3SC2)n1. The summed E-state index contributed by atoms with van der Waals surface area (Å²) >= 11 is 3.98. The fourth-order valence-corrected chi connectivity index (χ4v) is 6.21. The van der Waals surface area contributed by atoms with E-state index in [4.69, 9.17) is 5.73 Å². The number of benzene rings is 1. The Hall–Kier alpha value is -2.77. The Labute approximate surface area is 202 Å². The van der Waals surface area contributed by atoms with Crippen LogP contribution in [0.3, 0.4) is 0 Å². The molecule has 0 bridgehead atoms. The molecule has 0 radical (unpaired) electrons. The van der Waals surface area contributed by atoms with Crippen molar-refractivity contribution < 1.29 is 19.5 Å². The van der Waals surface area contributed by atoms with Crippen LogP contribution in [0.2, 0.25) is 0 Å². The van der Waals surface area contributed by atoms with Gasteiger partial charge in [-0.25, -0.2) is 4.79 Å². The topological polar surface area (TPSA) is 151 Å². The Balaban J connectivity index is 1.44. The molecule has 10 nitrogen and oxygen atoms in total. The predicted octanol–water partition coefficient (Wildman–Crippen LogP) is 1.25. The van der Waals surface area contributed by atoms with Gasteiger partial charge in [-0.3, -0.25) is 14.5 Å². The lowest BCUT2D eigenvalue weighted by Gasteiger charge is -2.49. The number of aromatic nitrogens is 3. The summed E-state index contributed by atoms with van der Waals surface area (Å²) in [6, 6.07) is 8.46. The highest BCUT2D eigenvalue weighted by molar-refractivity contribution is 8.01. The van der Waals surface area contributed by atoms with Crippen LogP contribution in [0.15, 0.2) is 51.9 Å². The maximum Gasteiger partial charge on any atom is 0.352 e. The second-order valence-electron chi connectivity index (χ2n) is 7.13. The molecule has 1 aromatic heterocycles. The number of carboxylic acid groups (broad SMARTS) is 1. The zero-order valence-corrected chi connectivity index (χ0v) is 19.9. The average Bonchev–Trinajstić information content (AvgIpc) is 2.80. The zero-order chi connectivity index (χ0) is 23.5. The first-order valence-corrected chi connectivity index (χ1v) is 13.0. The summed E-state index contributed by atoms with van der Waals surface area (Å²) in [6.45, 7) is 0. The number of carbonyl (C=O) groups is 3. The van der Waals surface area contributed by atoms with Crippen LogP contribution in [0.1, 0.15) is 5.56 Å². The Morgan fingerprint density at radius 1 is 1.24 bits per heavy atom. The van der Waals surface area contributed by atoms with Crippen molar-refractivity contribution in [1.82, 2.24) is 25.2 Å². The van der Waals surface area contributed by atoms with Crippen LogP contribution < -0.4 is 11.1 Å². The molecule has 0 spiro atoms. The standard InChI is InChI=1S/C20H20N6O4S3/c1-31-19-23-18(21)24-20(25-19)33-9-11-8-32-16-13(15(28)26(16)14(11)17(29)30)22-12(27)7-10-5-3-2-4-6-10/h2-6,13,16H,7-9H2,1H3,(H,22,27)(H,29,30)(H2,21,23,24,25). The Kier molecular flexibility index (Phi) is 7.10. The van der Waals surface area contributed by atoms with Gasteiger partial charge in [-0.1, -0.05) is 53.9 Å². The number of rotatable bonds is 8. The molecule has 3 heterocycles. The third kappa shape index (κ3) is 5.09. The maximum absolute atomic E-state index is 12.8. The van der Waals surface area contributed by atoms with Gasteiger partial charge in [0.05, 0.1) is 6.42 Å². The van der Waals surface area contributed by atoms with E-state index in [0.717, 1.165) is 5.56 Å². The number of nitrogens with zero attached hydrogens (tertiary/aromatic N) is 4. The van der Waals surface area contributed by atoms with Crippen LogP contribution in [0.4, 0.5) is 5.95 Å². The molecule has 1 saturated heterocycles. The van der Waals surface area contributed by atoms with Crippen LogP contribution in [0.5, 0.6) is 0 Å². The summed E-state index contributed by atoms with van der Waals surface area (Å²) in [6.07, 6.45) is 1.97. The number of hydrogen-bond donors (Lipinski definition) is 3. The number of carbonyl (C=O) groups excluding carboxylic acids is 2. The molecule has 4 rings (SSSR count). The highest BCUT2D eigenvalue weighted by Crippen LogP contribution is 2.41. The number of amides is 2. The lowest BCUT2D eigenvalue weighted by Crippen LogP contribution is -2.70. The van der Waals surface area contributed by atoms with E-state index in [-0.39, 0.29) is 29.7 Å². The van der Waals surface area contributed by atoms with E-state index in [9.17, 15) is 19.5 Å². The molecule has 0 aliphatic carbocycles. The van der Waals surface area contributed by atoms with Gasteiger partial charge >= 0.3 is 5.97 Å². The van der Waals surface area contributed by atoms with Gasteiger partial charge in [0.15, 0.2) is 10.3 Å². The Bertz CT molecular complexity index is 1130. The van der Waals surface area contributed by atoms with E-state index in [1.807, 2.05) is 36.6 Å². The van der Waals surface area contributed by atoms with Crippen molar-refractivity contribution in [1.29, 1.82) is 0 Å². The van der Waals surface area contributed by atoms with Gasteiger partial charge in [-0.05, 0) is 17.4 Å². The molecule has 2 aliphatic rings. The molecule has 2 unspecified atom stereocenters. The fraction of sp³-hybridized carbons (Fsp3) is 0.300. The lowest BCUT2D eigenvalue weighted by molar-refractivity contribution is -0.150. The first-order valence-electron chi connectivity index (χ1n) is 9.79. The molecule has 2 aromatic rings. The van der Waals surface area contributed by atoms with E-state index >= 15 is 0 Å². The highest BCUT2D eigenvalue weighted by Gasteiger charge is 2.54. The van der Waals surface area contributed by atoms with Gasteiger partial charge < -0.3 is 16.2 Å². The van der Waals surface area contributed by atoms with Crippen molar-refractivity contribution in [3.05, 3.63) is 47.2 Å². The number of nitrogens with one attached hydrogen (secondary N) is 1. The van der Waals surface area contributed by atoms with Gasteiger partial charge in [0.1, 0.15) is 17.1 Å². The summed E-state index contributed by atoms with van der Waals surface area (Å²) in [4.78, 5) is 50.8. The molecule has 2 amide bonds. The quantitative estimate of drug-likeness (QED) is 0.352. The van der Waals surface area contributed by atoms with Crippen molar-refractivity contribution in [3.63, 3.8) is 0 Å². The van der Waals surface area contributed by atoms with E-state index in [1.165, 1.54) is 40.2 Å². The van der Waals surface area contributed by atoms with Gasteiger partial charge in [0.25, 0.3) is 5.91 Å². The van der Waals surface area contributed by atoms with E-state index in [1.54, 1.807) is 0 Å². The smallest absolute Gasteiger partial charge is 0.352 e. The first-order chi connectivity index (χ1) is 15.9. The number of nitrogens with two attached hydrogens (primary N) is 1. The number of fused-ring (bicyclic) bond motifs is 1. The minimum atomic E-state index is -1.18. The number of β-lactam (4-membered cyclic amide) rings is 1. The van der Waals surface area contributed by atoms with Crippen LogP contribution in [-0.4, -0.2) is 71.9 Å². The third-order valence-corrected chi connectivity index (χ3v) is 7.76. The van der Waals surface area contributed by atoms with Crippen LogP contribution in [-0.2, 0) is 20.8 Å². The monoisotopic (exact) mass is 504 g/mol. The first kappa shape index (κ1) is 23.4. The summed E-state index contributed by atoms with van der Waals surface area (Å²) in [5, 5.41) is 13.0. The maximum atomic E-state index is 12.8. The summed E-state index contributed by atoms with van der Waals surface area (Å²) in [5.41, 5.74) is 7.08. The number of aliphatic carboxylic acids is 1. The van der Waals surface area contributed by atoms with Gasteiger partial charge in [-0.15, -0.1) is 11.8 Å². The van der Waals surface area contributed by atoms with Crippen LogP contribution >= 0.6 is 35.3 Å². The molecule has 172 valence electrons. The molecular weight excluding hydrogens is 484 g/mol. The molecule has 1 fully saturated rings. The molecule has 2 aliphatic heterocycles. The van der Waals surface area contributed by atoms with Crippen molar-refractivity contribution >= 4 is 59.0 Å². The molecule has 4 N–H and O–H groups in total. The molecule has 33 heavy (non-hydrogen) atoms. The second-order valence-corrected chi connectivity index (χ2v) is 9.95. The minimum absolute atomic E-state index is 0.0445. The number of hydrogen-bond acceptors (Lipinski definition) is 10. The Morgan fingerprint density at radius 2 is 1.97 bits per heavy atom. The van der Waals surface area contributed by atoms with E-state index < -0.39 is 23.3 Å². The van der Waals surface area contributed by atoms with Gasteiger partial charge in [-0.2, -0.15) is 15.0 Å². The zero-order valence-electron chi connectivity index (χ0n) is 17.4. The molecule has 1 aromatic carbocycles.